The lowest BCUT2D eigenvalue weighted by atomic mass is 9.68. The van der Waals surface area contributed by atoms with Gasteiger partial charge in [0.1, 0.15) is 11.2 Å². The second-order valence-corrected chi connectivity index (χ2v) is 13.7. The summed E-state index contributed by atoms with van der Waals surface area (Å²) in [7, 11) is 0. The van der Waals surface area contributed by atoms with Crippen LogP contribution in [-0.4, -0.2) is 67.3 Å². The molecule has 4 heterocycles. The number of carboxylic acids is 1. The molecule has 44 heavy (non-hydrogen) atoms. The fourth-order valence-electron chi connectivity index (χ4n) is 6.80. The van der Waals surface area contributed by atoms with Gasteiger partial charge in [-0.15, -0.1) is 0 Å². The van der Waals surface area contributed by atoms with Crippen LogP contribution in [0.5, 0.6) is 0 Å². The number of aliphatic carboxylic acids is 1. The summed E-state index contributed by atoms with van der Waals surface area (Å²) >= 11 is 0. The molecule has 2 aliphatic heterocycles. The van der Waals surface area contributed by atoms with E-state index in [9.17, 15) is 19.5 Å². The Labute approximate surface area is 260 Å². The highest BCUT2D eigenvalue weighted by Gasteiger charge is 2.52. The van der Waals surface area contributed by atoms with Gasteiger partial charge in [-0.2, -0.15) is 0 Å². The van der Waals surface area contributed by atoms with E-state index in [1.54, 1.807) is 40.7 Å². The predicted octanol–water partition coefficient (Wildman–Crippen LogP) is 6.67. The first kappa shape index (κ1) is 33.0. The van der Waals surface area contributed by atoms with Crippen LogP contribution < -0.4 is 0 Å². The number of hydrogen-bond acceptors (Lipinski definition) is 7. The van der Waals surface area contributed by atoms with Crippen LogP contribution in [0.1, 0.15) is 84.5 Å². The first-order valence-electron chi connectivity index (χ1n) is 15.4. The van der Waals surface area contributed by atoms with Crippen molar-refractivity contribution in [2.45, 2.75) is 84.6 Å². The Morgan fingerprint density at radius 2 is 1.30 bits per heavy atom. The summed E-state index contributed by atoms with van der Waals surface area (Å²) in [5, 5.41) is 11.0. The van der Waals surface area contributed by atoms with Crippen LogP contribution in [0.15, 0.2) is 61.2 Å². The SMILES string of the molecule is CC=CC(C1CCN(C(=O)OC(C)(C)C)C1c1cccnc1)C(C(=O)O)C1CCN(C(=O)OC(C)(C)C)C1c1cccnc1. The zero-order valence-corrected chi connectivity index (χ0v) is 26.8. The molecule has 238 valence electrons. The number of likely N-dealkylation sites (tertiary alicyclic amines) is 2. The summed E-state index contributed by atoms with van der Waals surface area (Å²) in [5.41, 5.74) is 0.190. The molecule has 1 N–H and O–H groups in total. The summed E-state index contributed by atoms with van der Waals surface area (Å²) < 4.78 is 11.6. The van der Waals surface area contributed by atoms with Gasteiger partial charge >= 0.3 is 18.2 Å². The maximum Gasteiger partial charge on any atom is 0.410 e. The van der Waals surface area contributed by atoms with Gasteiger partial charge < -0.3 is 24.4 Å². The van der Waals surface area contributed by atoms with E-state index < -0.39 is 59.2 Å². The Hall–Kier alpha value is -3.95. The first-order chi connectivity index (χ1) is 20.7. The molecule has 4 rings (SSSR count). The highest BCUT2D eigenvalue weighted by molar-refractivity contribution is 5.73. The molecular formula is C34H46N4O6. The third kappa shape index (κ3) is 7.57. The van der Waals surface area contributed by atoms with Crippen LogP contribution in [0.2, 0.25) is 0 Å². The van der Waals surface area contributed by atoms with Gasteiger partial charge in [-0.25, -0.2) is 9.59 Å². The number of nitrogens with zero attached hydrogens (tertiary/aromatic N) is 4. The molecule has 2 fully saturated rings. The van der Waals surface area contributed by atoms with Gasteiger partial charge in [-0.1, -0.05) is 24.3 Å². The van der Waals surface area contributed by atoms with E-state index >= 15 is 0 Å². The van der Waals surface area contributed by atoms with Gasteiger partial charge in [0.2, 0.25) is 0 Å². The van der Waals surface area contributed by atoms with Gasteiger partial charge in [-0.05, 0) is 102 Å². The molecular weight excluding hydrogens is 560 g/mol. The van der Waals surface area contributed by atoms with E-state index in [1.807, 2.05) is 78.8 Å². The molecule has 2 aliphatic rings. The van der Waals surface area contributed by atoms with Gasteiger partial charge in [0.25, 0.3) is 0 Å². The minimum absolute atomic E-state index is 0.242. The summed E-state index contributed by atoms with van der Waals surface area (Å²) in [6.45, 7) is 13.6. The molecule has 2 amide bonds. The molecule has 2 aromatic rings. The molecule has 10 nitrogen and oxygen atoms in total. The highest BCUT2D eigenvalue weighted by Crippen LogP contribution is 2.51. The zero-order valence-electron chi connectivity index (χ0n) is 26.8. The maximum absolute atomic E-state index is 13.5. The van der Waals surface area contributed by atoms with E-state index in [0.717, 1.165) is 11.1 Å². The Morgan fingerprint density at radius 3 is 1.68 bits per heavy atom. The van der Waals surface area contributed by atoms with Crippen molar-refractivity contribution in [1.82, 2.24) is 19.8 Å². The Balaban J connectivity index is 1.78. The van der Waals surface area contributed by atoms with E-state index in [-0.39, 0.29) is 5.92 Å². The number of carboxylic acid groups (broad SMARTS) is 1. The van der Waals surface area contributed by atoms with Crippen molar-refractivity contribution < 1.29 is 29.0 Å². The van der Waals surface area contributed by atoms with Crippen LogP contribution in [0.3, 0.4) is 0 Å². The third-order valence-electron chi connectivity index (χ3n) is 8.27. The summed E-state index contributed by atoms with van der Waals surface area (Å²) in [6.07, 6.45) is 10.8. The first-order valence-corrected chi connectivity index (χ1v) is 15.4. The maximum atomic E-state index is 13.5. The molecule has 6 unspecified atom stereocenters. The van der Waals surface area contributed by atoms with Crippen molar-refractivity contribution in [3.05, 3.63) is 72.3 Å². The Morgan fingerprint density at radius 1 is 0.841 bits per heavy atom. The largest absolute Gasteiger partial charge is 0.481 e. The average molecular weight is 607 g/mol. The standard InChI is InChI=1S/C34H46N4O6/c1-8-11-24(25-14-18-37(31(41)43-33(2,3)4)28(25)22-12-9-16-35-20-22)27(30(39)40)26-15-19-38(32(42)44-34(5,6)7)29(26)23-13-10-17-36-21-23/h8-13,16-17,20-21,24-29H,14-15,18-19H2,1-7H3,(H,39,40). The lowest BCUT2D eigenvalue weighted by Gasteiger charge is -2.38. The molecule has 0 aliphatic carbocycles. The number of allylic oxidation sites excluding steroid dienone is 2. The highest BCUT2D eigenvalue weighted by atomic mass is 16.6. The molecule has 0 radical (unpaired) electrons. The van der Waals surface area contributed by atoms with Gasteiger partial charge in [0, 0.05) is 37.9 Å². The number of ether oxygens (including phenoxy) is 2. The molecule has 6 atom stereocenters. The van der Waals surface area contributed by atoms with Gasteiger partial charge in [0.05, 0.1) is 18.0 Å². The van der Waals surface area contributed by atoms with Crippen molar-refractivity contribution in [3.63, 3.8) is 0 Å². The topological polar surface area (TPSA) is 122 Å². The minimum atomic E-state index is -0.946. The molecule has 2 aromatic heterocycles. The van der Waals surface area contributed by atoms with Gasteiger partial charge in [0.15, 0.2) is 0 Å². The number of aromatic nitrogens is 2. The van der Waals surface area contributed by atoms with Crippen LogP contribution in [0.25, 0.3) is 0 Å². The second kappa shape index (κ2) is 13.4. The fraction of sp³-hybridized carbons (Fsp3) is 0.559. The molecule has 0 bridgehead atoms. The Bertz CT molecular complexity index is 1320. The summed E-state index contributed by atoms with van der Waals surface area (Å²) in [4.78, 5) is 52.3. The quantitative estimate of drug-likeness (QED) is 0.347. The Kier molecular flexibility index (Phi) is 10.0. The minimum Gasteiger partial charge on any atom is -0.481 e. The molecule has 10 heteroatoms. The van der Waals surface area contributed by atoms with E-state index in [0.29, 0.717) is 25.9 Å². The number of hydrogen-bond donors (Lipinski definition) is 1. The molecule has 0 spiro atoms. The van der Waals surface area contributed by atoms with Crippen molar-refractivity contribution in [1.29, 1.82) is 0 Å². The van der Waals surface area contributed by atoms with E-state index in [1.165, 1.54) is 0 Å². The number of pyridine rings is 2. The van der Waals surface area contributed by atoms with Crippen LogP contribution in [-0.2, 0) is 14.3 Å². The normalized spacial score (nSPS) is 23.9. The van der Waals surface area contributed by atoms with Crippen molar-refractivity contribution in [2.24, 2.45) is 23.7 Å². The van der Waals surface area contributed by atoms with Crippen LogP contribution in [0.4, 0.5) is 9.59 Å². The van der Waals surface area contributed by atoms with Crippen LogP contribution in [0, 0.1) is 23.7 Å². The second-order valence-electron chi connectivity index (χ2n) is 13.7. The fourth-order valence-corrected chi connectivity index (χ4v) is 6.80. The smallest absolute Gasteiger partial charge is 0.410 e. The number of carbonyl (C=O) groups is 3. The summed E-state index contributed by atoms with van der Waals surface area (Å²) in [6, 6.07) is 6.44. The van der Waals surface area contributed by atoms with E-state index in [2.05, 4.69) is 9.97 Å². The monoisotopic (exact) mass is 606 g/mol. The molecule has 0 aromatic carbocycles. The van der Waals surface area contributed by atoms with Crippen LogP contribution >= 0.6 is 0 Å². The zero-order chi connectivity index (χ0) is 32.2. The molecule has 0 saturated carbocycles. The average Bonchev–Trinajstić information content (AvgIpc) is 3.57. The van der Waals surface area contributed by atoms with Gasteiger partial charge in [-0.3, -0.25) is 14.8 Å². The number of rotatable bonds is 7. The number of amides is 2. The summed E-state index contributed by atoms with van der Waals surface area (Å²) in [5.74, 6) is -2.95. The lowest BCUT2D eigenvalue weighted by Crippen LogP contribution is -2.42. The molecule has 2 saturated heterocycles. The predicted molar refractivity (Wildman–Crippen MR) is 165 cm³/mol. The van der Waals surface area contributed by atoms with E-state index in [4.69, 9.17) is 9.47 Å². The van der Waals surface area contributed by atoms with Crippen molar-refractivity contribution >= 4 is 18.2 Å². The third-order valence-corrected chi connectivity index (χ3v) is 8.27. The lowest BCUT2D eigenvalue weighted by molar-refractivity contribution is -0.147. The van der Waals surface area contributed by atoms with Crippen molar-refractivity contribution in [3.8, 4) is 0 Å². The van der Waals surface area contributed by atoms with Crippen molar-refractivity contribution in [2.75, 3.05) is 13.1 Å². The number of carbonyl (C=O) groups excluding carboxylic acids is 2.